The molecule has 0 saturated heterocycles. The fourth-order valence-electron chi connectivity index (χ4n) is 1.30. The summed E-state index contributed by atoms with van der Waals surface area (Å²) >= 11 is 0. The van der Waals surface area contributed by atoms with E-state index in [1.807, 2.05) is 32.0 Å². The Kier molecular flexibility index (Phi) is 2.96. The standard InChI is InChI=1S/C11H14N4O/c1-7(2)11-14-10(15-16-11)9(12)8-5-3-4-6-13-8/h3-7,9H,12H2,1-2H3. The zero-order valence-electron chi connectivity index (χ0n) is 9.29. The predicted molar refractivity (Wildman–Crippen MR) is 58.7 cm³/mol. The van der Waals surface area contributed by atoms with E-state index < -0.39 is 6.04 Å². The van der Waals surface area contributed by atoms with Crippen molar-refractivity contribution in [2.24, 2.45) is 5.73 Å². The van der Waals surface area contributed by atoms with Gasteiger partial charge in [-0.1, -0.05) is 25.1 Å². The first kappa shape index (κ1) is 10.8. The zero-order chi connectivity index (χ0) is 11.5. The highest BCUT2D eigenvalue weighted by atomic mass is 16.5. The molecular formula is C11H14N4O. The van der Waals surface area contributed by atoms with Crippen LogP contribution in [0.3, 0.4) is 0 Å². The molecule has 2 aromatic heterocycles. The topological polar surface area (TPSA) is 77.8 Å². The average molecular weight is 218 g/mol. The summed E-state index contributed by atoms with van der Waals surface area (Å²) in [5.74, 6) is 1.28. The van der Waals surface area contributed by atoms with Crippen LogP contribution in [0.15, 0.2) is 28.9 Å². The first-order valence-corrected chi connectivity index (χ1v) is 5.18. The average Bonchev–Trinajstić information content (AvgIpc) is 2.78. The second kappa shape index (κ2) is 4.40. The summed E-state index contributed by atoms with van der Waals surface area (Å²) in [6.07, 6.45) is 1.69. The van der Waals surface area contributed by atoms with Crippen molar-refractivity contribution in [3.8, 4) is 0 Å². The van der Waals surface area contributed by atoms with Gasteiger partial charge in [-0.3, -0.25) is 4.98 Å². The monoisotopic (exact) mass is 218 g/mol. The van der Waals surface area contributed by atoms with Gasteiger partial charge in [-0.15, -0.1) is 0 Å². The first-order valence-electron chi connectivity index (χ1n) is 5.18. The molecule has 0 spiro atoms. The van der Waals surface area contributed by atoms with Crippen molar-refractivity contribution in [1.29, 1.82) is 0 Å². The van der Waals surface area contributed by atoms with E-state index in [0.717, 1.165) is 5.69 Å². The molecule has 1 unspecified atom stereocenters. The third-order valence-corrected chi connectivity index (χ3v) is 2.24. The molecule has 0 aliphatic rings. The fraction of sp³-hybridized carbons (Fsp3) is 0.364. The summed E-state index contributed by atoms with van der Waals surface area (Å²) in [5.41, 5.74) is 6.72. The number of rotatable bonds is 3. The molecule has 84 valence electrons. The molecule has 0 aliphatic heterocycles. The van der Waals surface area contributed by atoms with Crippen molar-refractivity contribution in [2.45, 2.75) is 25.8 Å². The summed E-state index contributed by atoms with van der Waals surface area (Å²) in [6, 6.07) is 5.13. The number of pyridine rings is 1. The Hall–Kier alpha value is -1.75. The van der Waals surface area contributed by atoms with Gasteiger partial charge < -0.3 is 10.3 Å². The van der Waals surface area contributed by atoms with Crippen molar-refractivity contribution in [3.63, 3.8) is 0 Å². The van der Waals surface area contributed by atoms with Gasteiger partial charge in [0.05, 0.1) is 5.69 Å². The Morgan fingerprint density at radius 3 is 2.69 bits per heavy atom. The Morgan fingerprint density at radius 1 is 1.31 bits per heavy atom. The molecule has 2 heterocycles. The number of hydrogen-bond donors (Lipinski definition) is 1. The van der Waals surface area contributed by atoms with Gasteiger partial charge in [0, 0.05) is 12.1 Å². The third kappa shape index (κ3) is 2.09. The minimum absolute atomic E-state index is 0.206. The maximum absolute atomic E-state index is 5.98. The van der Waals surface area contributed by atoms with E-state index >= 15 is 0 Å². The van der Waals surface area contributed by atoms with E-state index in [-0.39, 0.29) is 5.92 Å². The molecule has 0 saturated carbocycles. The molecular weight excluding hydrogens is 204 g/mol. The van der Waals surface area contributed by atoms with Gasteiger partial charge in [-0.25, -0.2) is 0 Å². The van der Waals surface area contributed by atoms with E-state index in [1.54, 1.807) is 6.20 Å². The quantitative estimate of drug-likeness (QED) is 0.847. The largest absolute Gasteiger partial charge is 0.339 e. The molecule has 0 aromatic carbocycles. The Balaban J connectivity index is 2.24. The lowest BCUT2D eigenvalue weighted by Crippen LogP contribution is -2.15. The van der Waals surface area contributed by atoms with Crippen LogP contribution >= 0.6 is 0 Å². The van der Waals surface area contributed by atoms with Crippen LogP contribution in [0.2, 0.25) is 0 Å². The third-order valence-electron chi connectivity index (χ3n) is 2.24. The van der Waals surface area contributed by atoms with E-state index in [1.165, 1.54) is 0 Å². The van der Waals surface area contributed by atoms with Crippen LogP contribution in [0.5, 0.6) is 0 Å². The Bertz CT molecular complexity index is 452. The van der Waals surface area contributed by atoms with Crippen molar-refractivity contribution >= 4 is 0 Å². The lowest BCUT2D eigenvalue weighted by Gasteiger charge is -2.04. The molecule has 2 aromatic rings. The minimum Gasteiger partial charge on any atom is -0.339 e. The molecule has 0 radical (unpaired) electrons. The van der Waals surface area contributed by atoms with Gasteiger partial charge in [0.15, 0.2) is 5.82 Å². The number of aromatic nitrogens is 3. The molecule has 16 heavy (non-hydrogen) atoms. The van der Waals surface area contributed by atoms with Crippen molar-refractivity contribution in [2.75, 3.05) is 0 Å². The fourth-order valence-corrected chi connectivity index (χ4v) is 1.30. The second-order valence-corrected chi connectivity index (χ2v) is 3.88. The van der Waals surface area contributed by atoms with Crippen LogP contribution in [-0.2, 0) is 0 Å². The highest BCUT2D eigenvalue weighted by Crippen LogP contribution is 2.17. The van der Waals surface area contributed by atoms with Crippen molar-refractivity contribution in [1.82, 2.24) is 15.1 Å². The molecule has 0 amide bonds. The van der Waals surface area contributed by atoms with Crippen LogP contribution in [-0.4, -0.2) is 15.1 Å². The van der Waals surface area contributed by atoms with Gasteiger partial charge in [0.1, 0.15) is 6.04 Å². The summed E-state index contributed by atoms with van der Waals surface area (Å²) < 4.78 is 5.10. The smallest absolute Gasteiger partial charge is 0.229 e. The van der Waals surface area contributed by atoms with Crippen molar-refractivity contribution < 1.29 is 4.52 Å². The predicted octanol–water partition coefficient (Wildman–Crippen LogP) is 1.64. The summed E-state index contributed by atoms with van der Waals surface area (Å²) in [7, 11) is 0. The van der Waals surface area contributed by atoms with Gasteiger partial charge in [0.2, 0.25) is 5.89 Å². The Morgan fingerprint density at radius 2 is 2.12 bits per heavy atom. The van der Waals surface area contributed by atoms with Crippen LogP contribution in [0.25, 0.3) is 0 Å². The maximum atomic E-state index is 5.98. The molecule has 5 nitrogen and oxygen atoms in total. The normalized spacial score (nSPS) is 13.0. The molecule has 2 N–H and O–H groups in total. The van der Waals surface area contributed by atoms with Gasteiger partial charge in [-0.05, 0) is 12.1 Å². The van der Waals surface area contributed by atoms with E-state index in [2.05, 4.69) is 15.1 Å². The van der Waals surface area contributed by atoms with Crippen molar-refractivity contribution in [3.05, 3.63) is 41.8 Å². The molecule has 2 rings (SSSR count). The van der Waals surface area contributed by atoms with Crippen LogP contribution in [0, 0.1) is 0 Å². The number of nitrogens with two attached hydrogens (primary N) is 1. The molecule has 0 fully saturated rings. The number of nitrogens with zero attached hydrogens (tertiary/aromatic N) is 3. The highest BCUT2D eigenvalue weighted by Gasteiger charge is 2.18. The summed E-state index contributed by atoms with van der Waals surface area (Å²) in [6.45, 7) is 3.98. The van der Waals surface area contributed by atoms with Gasteiger partial charge in [-0.2, -0.15) is 4.98 Å². The van der Waals surface area contributed by atoms with Gasteiger partial charge >= 0.3 is 0 Å². The molecule has 0 bridgehead atoms. The molecule has 1 atom stereocenters. The van der Waals surface area contributed by atoms with Crippen LogP contribution in [0.4, 0.5) is 0 Å². The zero-order valence-corrected chi connectivity index (χ0v) is 9.29. The number of hydrogen-bond acceptors (Lipinski definition) is 5. The molecule has 5 heteroatoms. The SMILES string of the molecule is CC(C)c1nc(C(N)c2ccccn2)no1. The van der Waals surface area contributed by atoms with Crippen LogP contribution in [0.1, 0.15) is 43.2 Å². The maximum Gasteiger partial charge on any atom is 0.229 e. The highest BCUT2D eigenvalue weighted by molar-refractivity contribution is 5.15. The lowest BCUT2D eigenvalue weighted by atomic mass is 10.2. The van der Waals surface area contributed by atoms with E-state index in [4.69, 9.17) is 10.3 Å². The Labute approximate surface area is 93.7 Å². The van der Waals surface area contributed by atoms with E-state index in [0.29, 0.717) is 11.7 Å². The first-order chi connectivity index (χ1) is 7.68. The van der Waals surface area contributed by atoms with Crippen LogP contribution < -0.4 is 5.73 Å². The summed E-state index contributed by atoms with van der Waals surface area (Å²) in [4.78, 5) is 8.41. The molecule has 0 aliphatic carbocycles. The second-order valence-electron chi connectivity index (χ2n) is 3.88. The lowest BCUT2D eigenvalue weighted by molar-refractivity contribution is 0.359. The minimum atomic E-state index is -0.433. The summed E-state index contributed by atoms with van der Waals surface area (Å²) in [5, 5.41) is 3.86. The van der Waals surface area contributed by atoms with Gasteiger partial charge in [0.25, 0.3) is 0 Å². The van der Waals surface area contributed by atoms with E-state index in [9.17, 15) is 0 Å².